The van der Waals surface area contributed by atoms with E-state index in [0.717, 1.165) is 14.2 Å². The Kier molecular flexibility index (Phi) is 4.93. The normalized spacial score (nSPS) is 20.8. The summed E-state index contributed by atoms with van der Waals surface area (Å²) >= 11 is 0. The molecule has 19 heavy (non-hydrogen) atoms. The number of alkyl halides is 2. The van der Waals surface area contributed by atoms with Crippen LogP contribution in [0.1, 0.15) is 12.8 Å². The first-order chi connectivity index (χ1) is 8.84. The Balaban J connectivity index is 2.73. The minimum absolute atomic E-state index is 0.249. The summed E-state index contributed by atoms with van der Waals surface area (Å²) in [6.45, 7) is 0. The minimum Gasteiger partial charge on any atom is -0.468 e. The Morgan fingerprint density at radius 1 is 1.26 bits per heavy atom. The van der Waals surface area contributed by atoms with Crippen LogP contribution < -0.4 is 5.32 Å². The lowest BCUT2D eigenvalue weighted by Gasteiger charge is -2.39. The molecule has 108 valence electrons. The van der Waals surface area contributed by atoms with Gasteiger partial charge in [-0.2, -0.15) is 0 Å². The highest BCUT2D eigenvalue weighted by atomic mass is 19.3. The number of esters is 2. The molecule has 2 atom stereocenters. The number of methoxy groups -OCH3 is 2. The highest BCUT2D eigenvalue weighted by Gasteiger charge is 2.51. The van der Waals surface area contributed by atoms with Gasteiger partial charge in [0.25, 0.3) is 0 Å². The SMILES string of the molecule is COC(=O)C(C=O)NC(C(=O)OC)C1CC(F)(F)C1. The second-order valence-electron chi connectivity index (χ2n) is 4.33. The van der Waals surface area contributed by atoms with Crippen molar-refractivity contribution in [1.29, 1.82) is 0 Å². The van der Waals surface area contributed by atoms with Gasteiger partial charge in [0.1, 0.15) is 12.3 Å². The van der Waals surface area contributed by atoms with Crippen LogP contribution in [0.2, 0.25) is 0 Å². The zero-order chi connectivity index (χ0) is 14.6. The van der Waals surface area contributed by atoms with E-state index < -0.39 is 48.7 Å². The lowest BCUT2D eigenvalue weighted by Crippen LogP contribution is -2.57. The van der Waals surface area contributed by atoms with Gasteiger partial charge in [0.05, 0.1) is 14.2 Å². The number of rotatable bonds is 6. The fourth-order valence-electron chi connectivity index (χ4n) is 1.95. The zero-order valence-corrected chi connectivity index (χ0v) is 10.5. The maximum atomic E-state index is 12.8. The van der Waals surface area contributed by atoms with E-state index in [1.54, 1.807) is 0 Å². The lowest BCUT2D eigenvalue weighted by molar-refractivity contribution is -0.158. The second-order valence-corrected chi connectivity index (χ2v) is 4.33. The Hall–Kier alpha value is -1.57. The summed E-state index contributed by atoms with van der Waals surface area (Å²) in [6, 6.07) is -2.53. The summed E-state index contributed by atoms with van der Waals surface area (Å²) in [5.74, 6) is -5.19. The van der Waals surface area contributed by atoms with E-state index in [9.17, 15) is 23.2 Å². The Morgan fingerprint density at radius 3 is 2.16 bits per heavy atom. The van der Waals surface area contributed by atoms with Crippen LogP contribution in [0.4, 0.5) is 8.78 Å². The molecular formula is C11H15F2NO5. The fraction of sp³-hybridized carbons (Fsp3) is 0.727. The molecule has 0 aromatic heterocycles. The van der Waals surface area contributed by atoms with Crippen molar-refractivity contribution in [3.63, 3.8) is 0 Å². The van der Waals surface area contributed by atoms with E-state index in [1.165, 1.54) is 0 Å². The number of hydrogen-bond donors (Lipinski definition) is 1. The Labute approximate surface area is 108 Å². The van der Waals surface area contributed by atoms with Crippen molar-refractivity contribution in [3.05, 3.63) is 0 Å². The molecule has 0 amide bonds. The standard InChI is InChI=1S/C11H15F2NO5/c1-18-9(16)7(5-15)14-8(10(17)19-2)6-3-11(12,13)4-6/h5-8,14H,3-4H2,1-2H3. The summed E-state index contributed by atoms with van der Waals surface area (Å²) in [5, 5.41) is 2.39. The second kappa shape index (κ2) is 6.05. The van der Waals surface area contributed by atoms with Crippen LogP contribution in [0, 0.1) is 5.92 Å². The largest absolute Gasteiger partial charge is 0.468 e. The van der Waals surface area contributed by atoms with Gasteiger partial charge in [0, 0.05) is 12.8 Å². The Morgan fingerprint density at radius 2 is 1.79 bits per heavy atom. The van der Waals surface area contributed by atoms with Gasteiger partial charge >= 0.3 is 11.9 Å². The molecular weight excluding hydrogens is 264 g/mol. The number of carbonyl (C=O) groups is 3. The molecule has 8 heteroatoms. The summed E-state index contributed by atoms with van der Waals surface area (Å²) < 4.78 is 34.5. The van der Waals surface area contributed by atoms with Crippen LogP contribution >= 0.6 is 0 Å². The number of hydrogen-bond acceptors (Lipinski definition) is 6. The lowest BCUT2D eigenvalue weighted by atomic mass is 9.76. The molecule has 0 aromatic carbocycles. The van der Waals surface area contributed by atoms with Crippen molar-refractivity contribution in [2.24, 2.45) is 5.92 Å². The summed E-state index contributed by atoms with van der Waals surface area (Å²) in [4.78, 5) is 33.5. The predicted octanol–water partition coefficient (Wildman–Crippen LogP) is -0.0966. The van der Waals surface area contributed by atoms with E-state index in [-0.39, 0.29) is 6.29 Å². The topological polar surface area (TPSA) is 81.7 Å². The number of nitrogens with one attached hydrogen (secondary N) is 1. The van der Waals surface area contributed by atoms with Gasteiger partial charge in [0.2, 0.25) is 5.92 Å². The van der Waals surface area contributed by atoms with Gasteiger partial charge < -0.3 is 14.3 Å². The Bertz CT molecular complexity index is 366. The quantitative estimate of drug-likeness (QED) is 0.415. The van der Waals surface area contributed by atoms with Gasteiger partial charge in [-0.25, -0.2) is 13.6 Å². The zero-order valence-electron chi connectivity index (χ0n) is 10.5. The highest BCUT2D eigenvalue weighted by molar-refractivity contribution is 5.93. The van der Waals surface area contributed by atoms with E-state index in [2.05, 4.69) is 14.8 Å². The molecule has 1 saturated carbocycles. The third kappa shape index (κ3) is 3.69. The van der Waals surface area contributed by atoms with Crippen molar-refractivity contribution in [2.75, 3.05) is 14.2 Å². The molecule has 1 fully saturated rings. The van der Waals surface area contributed by atoms with Crippen molar-refractivity contribution in [3.8, 4) is 0 Å². The molecule has 0 heterocycles. The molecule has 2 unspecified atom stereocenters. The minimum atomic E-state index is -2.82. The molecule has 6 nitrogen and oxygen atoms in total. The molecule has 1 aliphatic carbocycles. The van der Waals surface area contributed by atoms with E-state index >= 15 is 0 Å². The monoisotopic (exact) mass is 279 g/mol. The molecule has 0 aliphatic heterocycles. The van der Waals surface area contributed by atoms with E-state index in [0.29, 0.717) is 0 Å². The molecule has 1 aliphatic rings. The molecule has 0 aromatic rings. The highest BCUT2D eigenvalue weighted by Crippen LogP contribution is 2.44. The average molecular weight is 279 g/mol. The van der Waals surface area contributed by atoms with Crippen molar-refractivity contribution < 1.29 is 32.6 Å². The molecule has 0 radical (unpaired) electrons. The predicted molar refractivity (Wildman–Crippen MR) is 58.5 cm³/mol. The van der Waals surface area contributed by atoms with Crippen LogP contribution in [-0.4, -0.2) is 50.5 Å². The first-order valence-electron chi connectivity index (χ1n) is 5.59. The van der Waals surface area contributed by atoms with Crippen molar-refractivity contribution in [2.45, 2.75) is 30.8 Å². The smallest absolute Gasteiger partial charge is 0.330 e. The molecule has 0 saturated heterocycles. The van der Waals surface area contributed by atoms with Gasteiger partial charge in [-0.05, 0) is 5.92 Å². The summed E-state index contributed by atoms with van der Waals surface area (Å²) in [6.07, 6.45) is -0.738. The number of aldehydes is 1. The van der Waals surface area contributed by atoms with Gasteiger partial charge in [-0.15, -0.1) is 0 Å². The van der Waals surface area contributed by atoms with Gasteiger partial charge in [-0.1, -0.05) is 0 Å². The van der Waals surface area contributed by atoms with Crippen LogP contribution in [-0.2, 0) is 23.9 Å². The summed E-state index contributed by atoms with van der Waals surface area (Å²) in [7, 11) is 2.17. The number of halogens is 2. The maximum Gasteiger partial charge on any atom is 0.330 e. The third-order valence-corrected chi connectivity index (χ3v) is 3.00. The molecule has 1 N–H and O–H groups in total. The van der Waals surface area contributed by atoms with Crippen LogP contribution in [0.15, 0.2) is 0 Å². The number of ether oxygens (including phenoxy) is 2. The molecule has 1 rings (SSSR count). The number of carbonyl (C=O) groups excluding carboxylic acids is 3. The van der Waals surface area contributed by atoms with E-state index in [4.69, 9.17) is 0 Å². The van der Waals surface area contributed by atoms with E-state index in [1.807, 2.05) is 0 Å². The van der Waals surface area contributed by atoms with Crippen molar-refractivity contribution in [1.82, 2.24) is 5.32 Å². The summed E-state index contributed by atoms with van der Waals surface area (Å²) in [5.41, 5.74) is 0. The fourth-order valence-corrected chi connectivity index (χ4v) is 1.95. The first kappa shape index (κ1) is 15.5. The molecule has 0 spiro atoms. The molecule has 0 bridgehead atoms. The average Bonchev–Trinajstić information content (AvgIpc) is 2.35. The van der Waals surface area contributed by atoms with Crippen LogP contribution in [0.3, 0.4) is 0 Å². The van der Waals surface area contributed by atoms with Crippen molar-refractivity contribution >= 4 is 18.2 Å². The van der Waals surface area contributed by atoms with Crippen LogP contribution in [0.25, 0.3) is 0 Å². The third-order valence-electron chi connectivity index (χ3n) is 3.00. The first-order valence-corrected chi connectivity index (χ1v) is 5.59. The maximum absolute atomic E-state index is 12.8. The van der Waals surface area contributed by atoms with Crippen LogP contribution in [0.5, 0.6) is 0 Å². The van der Waals surface area contributed by atoms with Gasteiger partial charge in [-0.3, -0.25) is 10.1 Å². The van der Waals surface area contributed by atoms with Gasteiger partial charge in [0.15, 0.2) is 6.04 Å².